The summed E-state index contributed by atoms with van der Waals surface area (Å²) in [5, 5.41) is 5.54. The first-order valence-electron chi connectivity index (χ1n) is 6.97. The van der Waals surface area contributed by atoms with Gasteiger partial charge in [-0.1, -0.05) is 6.07 Å². The highest BCUT2D eigenvalue weighted by Crippen LogP contribution is 2.28. The van der Waals surface area contributed by atoms with E-state index in [9.17, 15) is 0 Å². The smallest absolute Gasteiger partial charge is 0.160 e. The summed E-state index contributed by atoms with van der Waals surface area (Å²) in [7, 11) is 0. The molecule has 1 aliphatic rings. The van der Waals surface area contributed by atoms with E-state index in [1.165, 1.54) is 11.3 Å². The Bertz CT molecular complexity index is 711. The monoisotopic (exact) mass is 284 g/mol. The zero-order chi connectivity index (χ0) is 13.4. The fraction of sp³-hybridized carbons (Fsp3) is 0.333. The summed E-state index contributed by atoms with van der Waals surface area (Å²) in [5.41, 5.74) is 1.99. The number of nitrogens with zero attached hydrogens (tertiary/aromatic N) is 3. The van der Waals surface area contributed by atoms with Crippen molar-refractivity contribution in [2.75, 3.05) is 13.1 Å². The summed E-state index contributed by atoms with van der Waals surface area (Å²) < 4.78 is 2.29. The average molecular weight is 284 g/mol. The Morgan fingerprint density at radius 2 is 2.35 bits per heavy atom. The topological polar surface area (TPSA) is 42.7 Å². The third-order valence-electron chi connectivity index (χ3n) is 3.85. The predicted octanol–water partition coefficient (Wildman–Crippen LogP) is 2.77. The lowest BCUT2D eigenvalue weighted by atomic mass is 10.1. The SMILES string of the molecule is c1csc(-c2nc3cccnc3n2CC2CCNC2)c1. The third-order valence-corrected chi connectivity index (χ3v) is 4.71. The number of imidazole rings is 1. The van der Waals surface area contributed by atoms with Crippen molar-refractivity contribution < 1.29 is 0 Å². The molecule has 0 aliphatic carbocycles. The van der Waals surface area contributed by atoms with Gasteiger partial charge in [-0.15, -0.1) is 11.3 Å². The largest absolute Gasteiger partial charge is 0.316 e. The molecule has 1 N–H and O–H groups in total. The van der Waals surface area contributed by atoms with E-state index < -0.39 is 0 Å². The molecule has 0 radical (unpaired) electrons. The number of fused-ring (bicyclic) bond motifs is 1. The van der Waals surface area contributed by atoms with Crippen molar-refractivity contribution in [3.63, 3.8) is 0 Å². The van der Waals surface area contributed by atoms with E-state index in [4.69, 9.17) is 4.98 Å². The van der Waals surface area contributed by atoms with Crippen LogP contribution >= 0.6 is 11.3 Å². The van der Waals surface area contributed by atoms with Crippen molar-refractivity contribution in [2.24, 2.45) is 5.92 Å². The van der Waals surface area contributed by atoms with E-state index in [0.29, 0.717) is 5.92 Å². The first kappa shape index (κ1) is 12.1. The Morgan fingerprint density at radius 1 is 1.35 bits per heavy atom. The maximum Gasteiger partial charge on any atom is 0.160 e. The molecule has 1 atom stereocenters. The van der Waals surface area contributed by atoms with Crippen LogP contribution in [0.15, 0.2) is 35.8 Å². The number of rotatable bonds is 3. The zero-order valence-electron chi connectivity index (χ0n) is 11.1. The molecule has 102 valence electrons. The van der Waals surface area contributed by atoms with Gasteiger partial charge in [-0.2, -0.15) is 0 Å². The maximum atomic E-state index is 4.79. The second kappa shape index (κ2) is 5.00. The van der Waals surface area contributed by atoms with E-state index in [1.807, 2.05) is 18.3 Å². The molecule has 1 aliphatic heterocycles. The van der Waals surface area contributed by atoms with E-state index in [-0.39, 0.29) is 0 Å². The Morgan fingerprint density at radius 3 is 3.15 bits per heavy atom. The maximum absolute atomic E-state index is 4.79. The molecule has 3 aromatic heterocycles. The molecule has 0 amide bonds. The van der Waals surface area contributed by atoms with E-state index in [0.717, 1.165) is 36.6 Å². The molecule has 0 bridgehead atoms. The molecular weight excluding hydrogens is 268 g/mol. The molecule has 5 heteroatoms. The average Bonchev–Trinajstić information content (AvgIpc) is 3.19. The summed E-state index contributed by atoms with van der Waals surface area (Å²) in [6, 6.07) is 8.21. The van der Waals surface area contributed by atoms with Crippen LogP contribution in [-0.2, 0) is 6.54 Å². The first-order chi connectivity index (χ1) is 9.92. The third kappa shape index (κ3) is 2.03. The number of aromatic nitrogens is 3. The van der Waals surface area contributed by atoms with Crippen LogP contribution in [-0.4, -0.2) is 27.6 Å². The van der Waals surface area contributed by atoms with Gasteiger partial charge in [-0.25, -0.2) is 9.97 Å². The molecule has 0 saturated carbocycles. The summed E-state index contributed by atoms with van der Waals surface area (Å²) in [5.74, 6) is 1.73. The minimum atomic E-state index is 0.674. The second-order valence-electron chi connectivity index (χ2n) is 5.23. The van der Waals surface area contributed by atoms with Crippen molar-refractivity contribution in [3.8, 4) is 10.7 Å². The Hall–Kier alpha value is -1.72. The van der Waals surface area contributed by atoms with E-state index in [1.54, 1.807) is 11.3 Å². The van der Waals surface area contributed by atoms with Crippen LogP contribution in [0.2, 0.25) is 0 Å². The van der Waals surface area contributed by atoms with Gasteiger partial charge in [0.15, 0.2) is 11.5 Å². The molecule has 20 heavy (non-hydrogen) atoms. The molecule has 4 heterocycles. The van der Waals surface area contributed by atoms with Gasteiger partial charge in [-0.3, -0.25) is 0 Å². The molecular formula is C15H16N4S. The molecule has 4 nitrogen and oxygen atoms in total. The fourth-order valence-corrected chi connectivity index (χ4v) is 3.58. The highest BCUT2D eigenvalue weighted by atomic mass is 32.1. The van der Waals surface area contributed by atoms with Gasteiger partial charge in [0, 0.05) is 12.7 Å². The van der Waals surface area contributed by atoms with E-state index >= 15 is 0 Å². The zero-order valence-corrected chi connectivity index (χ0v) is 11.9. The van der Waals surface area contributed by atoms with Crippen molar-refractivity contribution in [1.29, 1.82) is 0 Å². The van der Waals surface area contributed by atoms with Gasteiger partial charge in [0.2, 0.25) is 0 Å². The predicted molar refractivity (Wildman–Crippen MR) is 81.8 cm³/mol. The Labute approximate surface area is 121 Å². The van der Waals surface area contributed by atoms with Gasteiger partial charge in [0.05, 0.1) is 4.88 Å². The lowest BCUT2D eigenvalue weighted by Crippen LogP contribution is -2.15. The summed E-state index contributed by atoms with van der Waals surface area (Å²) in [4.78, 5) is 10.5. The van der Waals surface area contributed by atoms with Crippen molar-refractivity contribution in [3.05, 3.63) is 35.8 Å². The minimum Gasteiger partial charge on any atom is -0.316 e. The van der Waals surface area contributed by atoms with Crippen molar-refractivity contribution >= 4 is 22.5 Å². The van der Waals surface area contributed by atoms with E-state index in [2.05, 4.69) is 32.4 Å². The van der Waals surface area contributed by atoms with Gasteiger partial charge >= 0.3 is 0 Å². The van der Waals surface area contributed by atoms with Gasteiger partial charge in [0.25, 0.3) is 0 Å². The van der Waals surface area contributed by atoms with Crippen LogP contribution in [0.1, 0.15) is 6.42 Å². The second-order valence-corrected chi connectivity index (χ2v) is 6.18. The number of pyridine rings is 1. The molecule has 1 saturated heterocycles. The highest BCUT2D eigenvalue weighted by molar-refractivity contribution is 7.13. The fourth-order valence-electron chi connectivity index (χ4n) is 2.85. The molecule has 4 rings (SSSR count). The minimum absolute atomic E-state index is 0.674. The Kier molecular flexibility index (Phi) is 3.01. The normalized spacial score (nSPS) is 18.9. The van der Waals surface area contributed by atoms with Crippen molar-refractivity contribution in [2.45, 2.75) is 13.0 Å². The lowest BCUT2D eigenvalue weighted by molar-refractivity contribution is 0.491. The molecule has 3 aromatic rings. The summed E-state index contributed by atoms with van der Waals surface area (Å²) in [6.07, 6.45) is 3.09. The lowest BCUT2D eigenvalue weighted by Gasteiger charge is -2.12. The van der Waals surface area contributed by atoms with Crippen LogP contribution in [0.25, 0.3) is 21.9 Å². The van der Waals surface area contributed by atoms with Gasteiger partial charge in [-0.05, 0) is 49.0 Å². The molecule has 0 spiro atoms. The standard InChI is InChI=1S/C15H16N4S/c1-3-12-14(17-6-1)19(10-11-5-7-16-9-11)15(18-12)13-4-2-8-20-13/h1-4,6,8,11,16H,5,7,9-10H2. The van der Waals surface area contributed by atoms with Crippen LogP contribution in [0.3, 0.4) is 0 Å². The summed E-state index contributed by atoms with van der Waals surface area (Å²) >= 11 is 1.74. The molecule has 0 aromatic carbocycles. The van der Waals surface area contributed by atoms with Crippen molar-refractivity contribution in [1.82, 2.24) is 19.9 Å². The Balaban J connectivity index is 1.84. The number of hydrogen-bond acceptors (Lipinski definition) is 4. The highest BCUT2D eigenvalue weighted by Gasteiger charge is 2.20. The van der Waals surface area contributed by atoms with Crippen LogP contribution in [0.4, 0.5) is 0 Å². The van der Waals surface area contributed by atoms with Gasteiger partial charge in [0.1, 0.15) is 5.52 Å². The molecule has 1 fully saturated rings. The summed E-state index contributed by atoms with van der Waals surface area (Å²) in [6.45, 7) is 3.21. The van der Waals surface area contributed by atoms with Crippen LogP contribution in [0, 0.1) is 5.92 Å². The van der Waals surface area contributed by atoms with Gasteiger partial charge < -0.3 is 9.88 Å². The van der Waals surface area contributed by atoms with Crippen LogP contribution in [0.5, 0.6) is 0 Å². The molecule has 1 unspecified atom stereocenters. The quantitative estimate of drug-likeness (QED) is 0.804. The number of nitrogens with one attached hydrogen (secondary N) is 1. The first-order valence-corrected chi connectivity index (χ1v) is 7.85. The van der Waals surface area contributed by atoms with Crippen LogP contribution < -0.4 is 5.32 Å². The number of thiophene rings is 1. The number of hydrogen-bond donors (Lipinski definition) is 1.